The van der Waals surface area contributed by atoms with Crippen molar-refractivity contribution in [2.45, 2.75) is 44.6 Å². The molecule has 0 spiro atoms. The summed E-state index contributed by atoms with van der Waals surface area (Å²) < 4.78 is 5.18. The number of carbonyl (C=O) groups is 2. The number of benzene rings is 2. The maximum atomic E-state index is 12.9. The number of carbonyl (C=O) groups excluding carboxylic acids is 2. The lowest BCUT2D eigenvalue weighted by atomic mass is 9.93. The molecule has 29 heavy (non-hydrogen) atoms. The van der Waals surface area contributed by atoms with Crippen molar-refractivity contribution >= 4 is 23.3 Å². The van der Waals surface area contributed by atoms with Gasteiger partial charge in [-0.2, -0.15) is 0 Å². The molecule has 0 N–H and O–H groups in total. The SMILES string of the molecule is O=C(Cc1ccccc1[N+](=O)[O-])OCC(=O)N(c1ccccc1)C1CCCCC1. The number of nitro benzene ring substituents is 1. The summed E-state index contributed by atoms with van der Waals surface area (Å²) in [5.41, 5.74) is 0.921. The van der Waals surface area contributed by atoms with E-state index in [0.717, 1.165) is 37.8 Å². The van der Waals surface area contributed by atoms with Gasteiger partial charge in [0, 0.05) is 23.4 Å². The molecule has 1 saturated carbocycles. The molecule has 0 aromatic heterocycles. The highest BCUT2D eigenvalue weighted by Crippen LogP contribution is 2.27. The zero-order valence-corrected chi connectivity index (χ0v) is 16.2. The van der Waals surface area contributed by atoms with Gasteiger partial charge in [-0.1, -0.05) is 55.7 Å². The third-order valence-electron chi connectivity index (χ3n) is 5.12. The summed E-state index contributed by atoms with van der Waals surface area (Å²) in [5.74, 6) is -0.941. The highest BCUT2D eigenvalue weighted by Gasteiger charge is 2.27. The summed E-state index contributed by atoms with van der Waals surface area (Å²) in [4.78, 5) is 37.4. The van der Waals surface area contributed by atoms with Crippen molar-refractivity contribution in [3.63, 3.8) is 0 Å². The Bertz CT molecular complexity index is 863. The van der Waals surface area contributed by atoms with Gasteiger partial charge in [0.2, 0.25) is 0 Å². The minimum atomic E-state index is -0.663. The molecule has 0 heterocycles. The minimum absolute atomic E-state index is 0.0903. The third-order valence-corrected chi connectivity index (χ3v) is 5.12. The topological polar surface area (TPSA) is 89.7 Å². The molecule has 1 aliphatic rings. The molecule has 2 aromatic rings. The number of hydrogen-bond acceptors (Lipinski definition) is 5. The molecule has 0 aliphatic heterocycles. The summed E-state index contributed by atoms with van der Waals surface area (Å²) in [5, 5.41) is 11.1. The Kier molecular flexibility index (Phi) is 6.94. The van der Waals surface area contributed by atoms with Gasteiger partial charge in [0.1, 0.15) is 0 Å². The molecule has 1 fully saturated rings. The summed E-state index contributed by atoms with van der Waals surface area (Å²) in [6, 6.07) is 15.5. The largest absolute Gasteiger partial charge is 0.455 e. The first kappa shape index (κ1) is 20.5. The molecule has 3 rings (SSSR count). The van der Waals surface area contributed by atoms with E-state index >= 15 is 0 Å². The van der Waals surface area contributed by atoms with Crippen LogP contribution in [0, 0.1) is 10.1 Å². The first-order chi connectivity index (χ1) is 14.1. The number of esters is 1. The maximum absolute atomic E-state index is 12.9. The Morgan fingerprint density at radius 2 is 1.66 bits per heavy atom. The first-order valence-electron chi connectivity index (χ1n) is 9.81. The predicted octanol–water partition coefficient (Wildman–Crippen LogP) is 4.05. The Morgan fingerprint density at radius 1 is 1.00 bits per heavy atom. The average Bonchev–Trinajstić information content (AvgIpc) is 2.74. The molecule has 0 atom stereocenters. The van der Waals surface area contributed by atoms with Crippen LogP contribution in [0.25, 0.3) is 0 Å². The fourth-order valence-corrected chi connectivity index (χ4v) is 3.74. The van der Waals surface area contributed by atoms with Gasteiger partial charge in [-0.15, -0.1) is 0 Å². The standard InChI is InChI=1S/C22H24N2O5/c25-21(16-29-22(26)15-17-9-7-8-14-20(17)24(27)28)23(18-10-3-1-4-11-18)19-12-5-2-6-13-19/h1,3-4,7-11,14,19H,2,5-6,12-13,15-16H2. The van der Waals surface area contributed by atoms with Crippen LogP contribution in [-0.4, -0.2) is 29.4 Å². The lowest BCUT2D eigenvalue weighted by molar-refractivity contribution is -0.385. The van der Waals surface area contributed by atoms with Crippen LogP contribution >= 0.6 is 0 Å². The molecule has 0 bridgehead atoms. The van der Waals surface area contributed by atoms with Gasteiger partial charge >= 0.3 is 5.97 Å². The smallest absolute Gasteiger partial charge is 0.311 e. The Morgan fingerprint density at radius 3 is 2.34 bits per heavy atom. The molecule has 0 saturated heterocycles. The maximum Gasteiger partial charge on any atom is 0.311 e. The number of ether oxygens (including phenoxy) is 1. The van der Waals surface area contributed by atoms with E-state index in [0.29, 0.717) is 0 Å². The third kappa shape index (κ3) is 5.40. The van der Waals surface area contributed by atoms with Gasteiger partial charge in [-0.05, 0) is 25.0 Å². The van der Waals surface area contributed by atoms with Crippen LogP contribution in [0.5, 0.6) is 0 Å². The van der Waals surface area contributed by atoms with Gasteiger partial charge in [-0.3, -0.25) is 19.7 Å². The fraction of sp³-hybridized carbons (Fsp3) is 0.364. The quantitative estimate of drug-likeness (QED) is 0.400. The van der Waals surface area contributed by atoms with E-state index in [1.807, 2.05) is 30.3 Å². The van der Waals surface area contributed by atoms with Crippen LogP contribution in [0.1, 0.15) is 37.7 Å². The van der Waals surface area contributed by atoms with E-state index in [-0.39, 0.29) is 36.2 Å². The van der Waals surface area contributed by atoms with Gasteiger partial charge in [0.15, 0.2) is 6.61 Å². The van der Waals surface area contributed by atoms with Crippen molar-refractivity contribution < 1.29 is 19.2 Å². The summed E-state index contributed by atoms with van der Waals surface area (Å²) in [7, 11) is 0. The van der Waals surface area contributed by atoms with Crippen LogP contribution in [0.2, 0.25) is 0 Å². The predicted molar refractivity (Wildman–Crippen MR) is 109 cm³/mol. The van der Waals surface area contributed by atoms with Crippen LogP contribution in [0.3, 0.4) is 0 Å². The number of para-hydroxylation sites is 2. The molecular weight excluding hydrogens is 372 g/mol. The minimum Gasteiger partial charge on any atom is -0.455 e. The number of nitro groups is 1. The Balaban J connectivity index is 1.65. The van der Waals surface area contributed by atoms with Crippen molar-refractivity contribution in [2.75, 3.05) is 11.5 Å². The summed E-state index contributed by atoms with van der Waals surface area (Å²) in [6.45, 7) is -0.384. The molecule has 2 aromatic carbocycles. The molecular formula is C22H24N2O5. The van der Waals surface area contributed by atoms with Crippen molar-refractivity contribution in [1.82, 2.24) is 0 Å². The highest BCUT2D eigenvalue weighted by atomic mass is 16.6. The average molecular weight is 396 g/mol. The van der Waals surface area contributed by atoms with Crippen molar-refractivity contribution in [3.05, 3.63) is 70.3 Å². The highest BCUT2D eigenvalue weighted by molar-refractivity contribution is 5.95. The molecule has 0 radical (unpaired) electrons. The fourth-order valence-electron chi connectivity index (χ4n) is 3.74. The molecule has 7 nitrogen and oxygen atoms in total. The lowest BCUT2D eigenvalue weighted by Gasteiger charge is -2.34. The zero-order chi connectivity index (χ0) is 20.6. The molecule has 152 valence electrons. The van der Waals surface area contributed by atoms with Gasteiger partial charge in [-0.25, -0.2) is 0 Å². The number of nitrogens with zero attached hydrogens (tertiary/aromatic N) is 2. The molecule has 1 aliphatic carbocycles. The molecule has 7 heteroatoms. The Hall–Kier alpha value is -3.22. The lowest BCUT2D eigenvalue weighted by Crippen LogP contribution is -2.44. The molecule has 0 unspecified atom stereocenters. The van der Waals surface area contributed by atoms with E-state index in [1.54, 1.807) is 17.0 Å². The first-order valence-corrected chi connectivity index (χ1v) is 9.81. The van der Waals surface area contributed by atoms with E-state index < -0.39 is 10.9 Å². The van der Waals surface area contributed by atoms with E-state index in [2.05, 4.69) is 0 Å². The number of hydrogen-bond donors (Lipinski definition) is 0. The van der Waals surface area contributed by atoms with E-state index in [4.69, 9.17) is 4.74 Å². The van der Waals surface area contributed by atoms with Gasteiger partial charge in [0.25, 0.3) is 11.6 Å². The number of anilines is 1. The molecule has 1 amide bonds. The summed E-state index contributed by atoms with van der Waals surface area (Å²) >= 11 is 0. The van der Waals surface area contributed by atoms with Crippen LogP contribution in [0.15, 0.2) is 54.6 Å². The van der Waals surface area contributed by atoms with E-state index in [9.17, 15) is 19.7 Å². The monoisotopic (exact) mass is 396 g/mol. The van der Waals surface area contributed by atoms with Crippen LogP contribution < -0.4 is 4.90 Å². The number of amides is 1. The second-order valence-electron chi connectivity index (χ2n) is 7.11. The number of rotatable bonds is 7. The van der Waals surface area contributed by atoms with Gasteiger partial charge < -0.3 is 9.64 Å². The zero-order valence-electron chi connectivity index (χ0n) is 16.2. The summed E-state index contributed by atoms with van der Waals surface area (Å²) in [6.07, 6.45) is 4.89. The van der Waals surface area contributed by atoms with Crippen molar-refractivity contribution in [1.29, 1.82) is 0 Å². The van der Waals surface area contributed by atoms with Crippen LogP contribution in [-0.2, 0) is 20.7 Å². The Labute approximate surface area is 169 Å². The van der Waals surface area contributed by atoms with Crippen molar-refractivity contribution in [3.8, 4) is 0 Å². The van der Waals surface area contributed by atoms with Crippen LogP contribution in [0.4, 0.5) is 11.4 Å². The van der Waals surface area contributed by atoms with Crippen molar-refractivity contribution in [2.24, 2.45) is 0 Å². The van der Waals surface area contributed by atoms with E-state index in [1.165, 1.54) is 12.1 Å². The van der Waals surface area contributed by atoms with Gasteiger partial charge in [0.05, 0.1) is 11.3 Å². The normalized spacial score (nSPS) is 14.2. The second kappa shape index (κ2) is 9.82. The second-order valence-corrected chi connectivity index (χ2v) is 7.11.